The third kappa shape index (κ3) is 2.95. The van der Waals surface area contributed by atoms with Crippen LogP contribution in [0.4, 0.5) is 5.82 Å². The second-order valence-electron chi connectivity index (χ2n) is 6.52. The highest BCUT2D eigenvalue weighted by atomic mass is 16.7. The summed E-state index contributed by atoms with van der Waals surface area (Å²) in [5.74, 6) is 2.31. The summed E-state index contributed by atoms with van der Waals surface area (Å²) < 4.78 is 11.0. The minimum absolute atomic E-state index is 0.140. The molecule has 2 aromatic heterocycles. The highest BCUT2D eigenvalue weighted by Crippen LogP contribution is 2.38. The van der Waals surface area contributed by atoms with E-state index in [0.29, 0.717) is 11.3 Å². The molecule has 1 unspecified atom stereocenters. The number of nitrogens with zero attached hydrogens (tertiary/aromatic N) is 2. The maximum absolute atomic E-state index is 10.5. The fraction of sp³-hybridized carbons (Fsp3) is 0.0909. The van der Waals surface area contributed by atoms with Crippen LogP contribution < -0.4 is 14.8 Å². The van der Waals surface area contributed by atoms with Crippen molar-refractivity contribution >= 4 is 16.7 Å². The number of ether oxygens (including phenoxy) is 2. The van der Waals surface area contributed by atoms with E-state index in [4.69, 9.17) is 9.47 Å². The van der Waals surface area contributed by atoms with Crippen LogP contribution in [-0.4, -0.2) is 21.9 Å². The van der Waals surface area contributed by atoms with Gasteiger partial charge in [-0.25, -0.2) is 4.98 Å². The van der Waals surface area contributed by atoms with Crippen LogP contribution in [0.3, 0.4) is 0 Å². The standard InChI is InChI=1S/C22H17N3O3/c26-17-11-16(10-14-4-3-9-24-22(14)17)21(25-20-5-1-2-8-23-20)15-6-7-18-19(12-15)28-13-27-18/h1-12,21,26H,13H2,(H,23,25). The molecule has 3 heterocycles. The Hall–Kier alpha value is -3.80. The van der Waals surface area contributed by atoms with Crippen LogP contribution in [0.1, 0.15) is 17.2 Å². The summed E-state index contributed by atoms with van der Waals surface area (Å²) in [5, 5.41) is 14.8. The third-order valence-corrected chi connectivity index (χ3v) is 4.73. The van der Waals surface area contributed by atoms with Gasteiger partial charge in [-0.2, -0.15) is 0 Å². The lowest BCUT2D eigenvalue weighted by atomic mass is 9.96. The molecule has 6 heteroatoms. The number of hydrogen-bond acceptors (Lipinski definition) is 6. The average molecular weight is 371 g/mol. The zero-order chi connectivity index (χ0) is 18.9. The smallest absolute Gasteiger partial charge is 0.231 e. The van der Waals surface area contributed by atoms with Gasteiger partial charge in [0.2, 0.25) is 6.79 Å². The summed E-state index contributed by atoms with van der Waals surface area (Å²) >= 11 is 0. The number of hydrogen-bond donors (Lipinski definition) is 2. The van der Waals surface area contributed by atoms with Crippen LogP contribution in [-0.2, 0) is 0 Å². The molecule has 0 saturated heterocycles. The fourth-order valence-electron chi connectivity index (χ4n) is 3.41. The van der Waals surface area contributed by atoms with Crippen LogP contribution in [0.5, 0.6) is 17.2 Å². The van der Waals surface area contributed by atoms with E-state index in [1.165, 1.54) is 0 Å². The summed E-state index contributed by atoms with van der Waals surface area (Å²) in [5.41, 5.74) is 2.44. The van der Waals surface area contributed by atoms with Crippen LogP contribution in [0.25, 0.3) is 10.9 Å². The summed E-state index contributed by atoms with van der Waals surface area (Å²) in [6.45, 7) is 0.222. The van der Waals surface area contributed by atoms with Crippen molar-refractivity contribution in [3.05, 3.63) is 84.2 Å². The first-order valence-corrected chi connectivity index (χ1v) is 8.93. The van der Waals surface area contributed by atoms with Gasteiger partial charge < -0.3 is 19.9 Å². The van der Waals surface area contributed by atoms with Gasteiger partial charge in [0.05, 0.1) is 6.04 Å². The number of benzene rings is 2. The van der Waals surface area contributed by atoms with Gasteiger partial charge in [0.15, 0.2) is 11.5 Å². The molecule has 1 aliphatic heterocycles. The molecule has 4 aromatic rings. The molecule has 28 heavy (non-hydrogen) atoms. The Balaban J connectivity index is 1.63. The highest BCUT2D eigenvalue weighted by molar-refractivity contribution is 5.85. The van der Waals surface area contributed by atoms with Gasteiger partial charge in [-0.15, -0.1) is 0 Å². The molecule has 1 aliphatic rings. The number of aromatic hydroxyl groups is 1. The zero-order valence-electron chi connectivity index (χ0n) is 14.9. The maximum Gasteiger partial charge on any atom is 0.231 e. The second kappa shape index (κ2) is 6.74. The lowest BCUT2D eigenvalue weighted by molar-refractivity contribution is 0.174. The quantitative estimate of drug-likeness (QED) is 0.558. The Bertz CT molecular complexity index is 1150. The lowest BCUT2D eigenvalue weighted by Crippen LogP contribution is -2.13. The molecule has 138 valence electrons. The number of phenolic OH excluding ortho intramolecular Hbond substituents is 1. The number of phenols is 1. The topological polar surface area (TPSA) is 76.5 Å². The molecule has 2 N–H and O–H groups in total. The maximum atomic E-state index is 10.5. The van der Waals surface area contributed by atoms with Crippen molar-refractivity contribution in [3.8, 4) is 17.2 Å². The Morgan fingerprint density at radius 3 is 2.64 bits per heavy atom. The van der Waals surface area contributed by atoms with Gasteiger partial charge in [-0.05, 0) is 53.6 Å². The van der Waals surface area contributed by atoms with Crippen LogP contribution >= 0.6 is 0 Å². The van der Waals surface area contributed by atoms with Crippen molar-refractivity contribution in [2.45, 2.75) is 6.04 Å². The first kappa shape index (κ1) is 16.4. The van der Waals surface area contributed by atoms with Gasteiger partial charge in [0.25, 0.3) is 0 Å². The molecule has 0 bridgehead atoms. The first-order chi connectivity index (χ1) is 13.8. The van der Waals surface area contributed by atoms with Crippen molar-refractivity contribution in [1.82, 2.24) is 9.97 Å². The number of fused-ring (bicyclic) bond motifs is 2. The highest BCUT2D eigenvalue weighted by Gasteiger charge is 2.21. The summed E-state index contributed by atoms with van der Waals surface area (Å²) in [4.78, 5) is 8.65. The fourth-order valence-corrected chi connectivity index (χ4v) is 3.41. The second-order valence-corrected chi connectivity index (χ2v) is 6.52. The van der Waals surface area contributed by atoms with Crippen molar-refractivity contribution in [2.75, 3.05) is 12.1 Å². The monoisotopic (exact) mass is 371 g/mol. The Morgan fingerprint density at radius 2 is 1.75 bits per heavy atom. The first-order valence-electron chi connectivity index (χ1n) is 8.93. The molecular weight excluding hydrogens is 354 g/mol. The van der Waals surface area contributed by atoms with E-state index in [9.17, 15) is 5.11 Å². The molecule has 0 amide bonds. The van der Waals surface area contributed by atoms with Gasteiger partial charge in [-0.3, -0.25) is 4.98 Å². The molecule has 1 atom stereocenters. The third-order valence-electron chi connectivity index (χ3n) is 4.73. The number of nitrogens with one attached hydrogen (secondary N) is 1. The van der Waals surface area contributed by atoms with Crippen LogP contribution in [0.2, 0.25) is 0 Å². The van der Waals surface area contributed by atoms with E-state index in [1.54, 1.807) is 18.5 Å². The summed E-state index contributed by atoms with van der Waals surface area (Å²) in [7, 11) is 0. The Labute approximate surface area is 161 Å². The SMILES string of the molecule is Oc1cc(C(Nc2ccccn2)c2ccc3c(c2)OCO3)cc2cccnc12. The van der Waals surface area contributed by atoms with E-state index in [2.05, 4.69) is 15.3 Å². The molecule has 6 nitrogen and oxygen atoms in total. The molecule has 0 spiro atoms. The Morgan fingerprint density at radius 1 is 0.857 bits per heavy atom. The van der Waals surface area contributed by atoms with E-state index < -0.39 is 0 Å². The zero-order valence-corrected chi connectivity index (χ0v) is 14.9. The van der Waals surface area contributed by atoms with Crippen molar-refractivity contribution in [3.63, 3.8) is 0 Å². The summed E-state index contributed by atoms with van der Waals surface area (Å²) in [6.07, 6.45) is 3.41. The van der Waals surface area contributed by atoms with Gasteiger partial charge >= 0.3 is 0 Å². The summed E-state index contributed by atoms with van der Waals surface area (Å²) in [6, 6.07) is 18.8. The van der Waals surface area contributed by atoms with Crippen molar-refractivity contribution in [1.29, 1.82) is 0 Å². The Kier molecular flexibility index (Phi) is 3.94. The molecule has 0 fully saturated rings. The molecule has 5 rings (SSSR count). The van der Waals surface area contributed by atoms with Gasteiger partial charge in [0, 0.05) is 17.8 Å². The predicted molar refractivity (Wildman–Crippen MR) is 106 cm³/mol. The van der Waals surface area contributed by atoms with Crippen LogP contribution in [0.15, 0.2) is 73.1 Å². The molecule has 0 aliphatic carbocycles. The number of rotatable bonds is 4. The molecule has 0 radical (unpaired) electrons. The molecule has 2 aromatic carbocycles. The van der Waals surface area contributed by atoms with E-state index in [0.717, 1.165) is 28.1 Å². The minimum Gasteiger partial charge on any atom is -0.506 e. The number of aromatic nitrogens is 2. The minimum atomic E-state index is -0.250. The average Bonchev–Trinajstić information content (AvgIpc) is 3.20. The normalized spacial score (nSPS) is 13.4. The number of anilines is 1. The predicted octanol–water partition coefficient (Wildman–Crippen LogP) is 4.27. The van der Waals surface area contributed by atoms with E-state index >= 15 is 0 Å². The van der Waals surface area contributed by atoms with Crippen LogP contribution in [0, 0.1) is 0 Å². The number of pyridine rings is 2. The molecular formula is C22H17N3O3. The van der Waals surface area contributed by atoms with Gasteiger partial charge in [-0.1, -0.05) is 18.2 Å². The van der Waals surface area contributed by atoms with E-state index in [-0.39, 0.29) is 18.6 Å². The largest absolute Gasteiger partial charge is 0.506 e. The van der Waals surface area contributed by atoms with Crippen molar-refractivity contribution < 1.29 is 14.6 Å². The molecule has 0 saturated carbocycles. The van der Waals surface area contributed by atoms with Gasteiger partial charge in [0.1, 0.15) is 17.1 Å². The van der Waals surface area contributed by atoms with Crippen molar-refractivity contribution in [2.24, 2.45) is 0 Å². The lowest BCUT2D eigenvalue weighted by Gasteiger charge is -2.21. The van der Waals surface area contributed by atoms with E-state index in [1.807, 2.05) is 54.6 Å².